The summed E-state index contributed by atoms with van der Waals surface area (Å²) < 4.78 is 34.1. The largest absolute Gasteiger partial charge is 0.360 e. The second kappa shape index (κ2) is 5.65. The number of sulfonamides is 1. The second-order valence-corrected chi connectivity index (χ2v) is 6.96. The summed E-state index contributed by atoms with van der Waals surface area (Å²) in [5.74, 6) is 0.312. The molecule has 0 unspecified atom stereocenters. The van der Waals surface area contributed by atoms with Crippen molar-refractivity contribution in [2.24, 2.45) is 7.05 Å². The Hall–Kier alpha value is -1.60. The van der Waals surface area contributed by atoms with Gasteiger partial charge in [-0.25, -0.2) is 13.1 Å². The van der Waals surface area contributed by atoms with Crippen LogP contribution in [0.4, 0.5) is 0 Å². The molecule has 0 radical (unpaired) electrons. The predicted molar refractivity (Wildman–Crippen MR) is 79.8 cm³/mol. The minimum atomic E-state index is -3.58. The van der Waals surface area contributed by atoms with Crippen molar-refractivity contribution in [1.29, 1.82) is 0 Å². The molecule has 0 aliphatic rings. The monoisotopic (exact) mass is 311 g/mol. The molecule has 0 atom stereocenters. The first-order chi connectivity index (χ1) is 9.74. The molecule has 0 fully saturated rings. The van der Waals surface area contributed by atoms with Gasteiger partial charge in [-0.3, -0.25) is 0 Å². The molecule has 0 saturated heterocycles. The molecule has 1 N–H and O–H groups in total. The molecule has 6 nitrogen and oxygen atoms in total. The highest BCUT2D eigenvalue weighted by Gasteiger charge is 2.23. The number of nitrogens with zero attached hydrogens (tertiary/aromatic N) is 2. The molecule has 0 amide bonds. The van der Waals surface area contributed by atoms with Crippen LogP contribution in [0.1, 0.15) is 28.4 Å². The molecule has 116 valence electrons. The number of hydrogen-bond donors (Lipinski definition) is 1. The predicted octanol–water partition coefficient (Wildman–Crippen LogP) is 1.77. The Balaban J connectivity index is 2.08. The second-order valence-electron chi connectivity index (χ2n) is 5.26. The molecule has 0 aromatic carbocycles. The third kappa shape index (κ3) is 3.03. The highest BCUT2D eigenvalue weighted by Crippen LogP contribution is 2.19. The fourth-order valence-electron chi connectivity index (χ4n) is 2.44. The molecule has 7 heteroatoms. The summed E-state index contributed by atoms with van der Waals surface area (Å²) in [5.41, 5.74) is 3.85. The molecule has 0 bridgehead atoms. The van der Waals surface area contributed by atoms with Gasteiger partial charge in [0.1, 0.15) is 10.6 Å². The highest BCUT2D eigenvalue weighted by atomic mass is 32.2. The van der Waals surface area contributed by atoms with E-state index in [1.807, 2.05) is 20.9 Å². The SMILES string of the molecule is Cc1noc(C)c1S(=O)(=O)NCCc1cc(C)n(C)c1C. The zero-order chi connectivity index (χ0) is 15.8. The molecule has 0 spiro atoms. The van der Waals surface area contributed by atoms with Crippen LogP contribution >= 0.6 is 0 Å². The van der Waals surface area contributed by atoms with Crippen molar-refractivity contribution in [3.63, 3.8) is 0 Å². The van der Waals surface area contributed by atoms with Crippen LogP contribution in [0.15, 0.2) is 15.5 Å². The van der Waals surface area contributed by atoms with E-state index < -0.39 is 10.0 Å². The van der Waals surface area contributed by atoms with Crippen LogP contribution in [0.2, 0.25) is 0 Å². The molecule has 0 aliphatic carbocycles. The first kappa shape index (κ1) is 15.8. The Morgan fingerprint density at radius 3 is 2.43 bits per heavy atom. The van der Waals surface area contributed by atoms with Crippen molar-refractivity contribution >= 4 is 10.0 Å². The van der Waals surface area contributed by atoms with Crippen molar-refractivity contribution in [1.82, 2.24) is 14.4 Å². The topological polar surface area (TPSA) is 77.1 Å². The minimum Gasteiger partial charge on any atom is -0.360 e. The lowest BCUT2D eigenvalue weighted by Gasteiger charge is -2.06. The van der Waals surface area contributed by atoms with Crippen LogP contribution in [0.3, 0.4) is 0 Å². The molecule has 2 aromatic heterocycles. The van der Waals surface area contributed by atoms with E-state index in [0.29, 0.717) is 24.4 Å². The zero-order valence-corrected chi connectivity index (χ0v) is 13.8. The third-order valence-electron chi connectivity index (χ3n) is 3.80. The van der Waals surface area contributed by atoms with Gasteiger partial charge < -0.3 is 9.09 Å². The van der Waals surface area contributed by atoms with E-state index in [0.717, 1.165) is 17.0 Å². The molecule has 2 rings (SSSR count). The van der Waals surface area contributed by atoms with E-state index in [1.165, 1.54) is 0 Å². The van der Waals surface area contributed by atoms with Gasteiger partial charge in [-0.15, -0.1) is 0 Å². The van der Waals surface area contributed by atoms with Crippen LogP contribution in [-0.4, -0.2) is 24.7 Å². The van der Waals surface area contributed by atoms with Gasteiger partial charge in [0.05, 0.1) is 0 Å². The summed E-state index contributed by atoms with van der Waals surface area (Å²) >= 11 is 0. The van der Waals surface area contributed by atoms with Crippen LogP contribution in [0.5, 0.6) is 0 Å². The van der Waals surface area contributed by atoms with Crippen molar-refractivity contribution in [2.45, 2.75) is 39.0 Å². The maximum absolute atomic E-state index is 12.3. The van der Waals surface area contributed by atoms with Gasteiger partial charge in [-0.1, -0.05) is 5.16 Å². The number of aromatic nitrogens is 2. The van der Waals surface area contributed by atoms with E-state index in [-0.39, 0.29) is 4.90 Å². The van der Waals surface area contributed by atoms with Gasteiger partial charge in [-0.2, -0.15) is 0 Å². The van der Waals surface area contributed by atoms with Crippen LogP contribution in [0.25, 0.3) is 0 Å². The van der Waals surface area contributed by atoms with E-state index in [1.54, 1.807) is 13.8 Å². The van der Waals surface area contributed by atoms with Gasteiger partial charge in [0.15, 0.2) is 5.76 Å². The average Bonchev–Trinajstić information content (AvgIpc) is 2.85. The number of hydrogen-bond acceptors (Lipinski definition) is 4. The average molecular weight is 311 g/mol. The Morgan fingerprint density at radius 2 is 1.95 bits per heavy atom. The Kier molecular flexibility index (Phi) is 4.25. The summed E-state index contributed by atoms with van der Waals surface area (Å²) in [6.45, 7) is 7.63. The molecule has 21 heavy (non-hydrogen) atoms. The Bertz CT molecular complexity index is 737. The van der Waals surface area contributed by atoms with Gasteiger partial charge in [0.2, 0.25) is 10.0 Å². The van der Waals surface area contributed by atoms with Crippen molar-refractivity contribution in [3.8, 4) is 0 Å². The van der Waals surface area contributed by atoms with Crippen molar-refractivity contribution in [3.05, 3.63) is 34.5 Å². The number of rotatable bonds is 5. The number of aryl methyl sites for hydroxylation is 3. The maximum Gasteiger partial charge on any atom is 0.245 e. The molecular weight excluding hydrogens is 290 g/mol. The van der Waals surface area contributed by atoms with Crippen LogP contribution in [0, 0.1) is 27.7 Å². The summed E-state index contributed by atoms with van der Waals surface area (Å²) in [7, 11) is -1.58. The van der Waals surface area contributed by atoms with E-state index in [9.17, 15) is 8.42 Å². The zero-order valence-electron chi connectivity index (χ0n) is 13.0. The standard InChI is InChI=1S/C14H21N3O3S/c1-9-8-13(11(3)17(9)5)6-7-15-21(18,19)14-10(2)16-20-12(14)4/h8,15H,6-7H2,1-5H3. The van der Waals surface area contributed by atoms with Gasteiger partial charge in [0.25, 0.3) is 0 Å². The quantitative estimate of drug-likeness (QED) is 0.913. The molecule has 2 aromatic rings. The fraction of sp³-hybridized carbons (Fsp3) is 0.500. The lowest BCUT2D eigenvalue weighted by atomic mass is 10.2. The summed E-state index contributed by atoms with van der Waals surface area (Å²) in [6.07, 6.45) is 0.649. The smallest absolute Gasteiger partial charge is 0.245 e. The normalized spacial score (nSPS) is 12.0. The first-order valence-electron chi connectivity index (χ1n) is 6.78. The van der Waals surface area contributed by atoms with Gasteiger partial charge in [0, 0.05) is 25.0 Å². The minimum absolute atomic E-state index is 0.142. The van der Waals surface area contributed by atoms with E-state index >= 15 is 0 Å². The summed E-state index contributed by atoms with van der Waals surface area (Å²) in [5, 5.41) is 3.68. The number of nitrogens with one attached hydrogen (secondary N) is 1. The van der Waals surface area contributed by atoms with E-state index in [2.05, 4.69) is 20.5 Å². The van der Waals surface area contributed by atoms with Crippen molar-refractivity contribution < 1.29 is 12.9 Å². The Labute approximate surface area is 125 Å². The lowest BCUT2D eigenvalue weighted by Crippen LogP contribution is -2.26. The van der Waals surface area contributed by atoms with Gasteiger partial charge in [-0.05, 0) is 45.7 Å². The third-order valence-corrected chi connectivity index (χ3v) is 5.51. The first-order valence-corrected chi connectivity index (χ1v) is 8.26. The molecule has 2 heterocycles. The van der Waals surface area contributed by atoms with Gasteiger partial charge >= 0.3 is 0 Å². The van der Waals surface area contributed by atoms with Crippen LogP contribution < -0.4 is 4.72 Å². The maximum atomic E-state index is 12.3. The lowest BCUT2D eigenvalue weighted by molar-refractivity contribution is 0.390. The van der Waals surface area contributed by atoms with Crippen LogP contribution in [-0.2, 0) is 23.5 Å². The fourth-order valence-corrected chi connectivity index (χ4v) is 3.79. The molecule has 0 saturated carbocycles. The molecular formula is C14H21N3O3S. The summed E-state index contributed by atoms with van der Waals surface area (Å²) in [6, 6.07) is 2.08. The van der Waals surface area contributed by atoms with Crippen molar-refractivity contribution in [2.75, 3.05) is 6.54 Å². The Morgan fingerprint density at radius 1 is 1.29 bits per heavy atom. The highest BCUT2D eigenvalue weighted by molar-refractivity contribution is 7.89. The molecule has 0 aliphatic heterocycles. The summed E-state index contributed by atoms with van der Waals surface area (Å²) in [4.78, 5) is 0.142. The van der Waals surface area contributed by atoms with E-state index in [4.69, 9.17) is 4.52 Å².